The van der Waals surface area contributed by atoms with Gasteiger partial charge in [-0.05, 0) is 75.6 Å². The Kier molecular flexibility index (Phi) is 7.83. The monoisotopic (exact) mass is 507 g/mol. The van der Waals surface area contributed by atoms with Crippen molar-refractivity contribution in [1.82, 2.24) is 9.03 Å². The average molecular weight is 508 g/mol. The van der Waals surface area contributed by atoms with Crippen LogP contribution in [0.1, 0.15) is 44.4 Å². The summed E-state index contributed by atoms with van der Waals surface area (Å²) >= 11 is 0. The largest absolute Gasteiger partial charge is 0.482 e. The van der Waals surface area contributed by atoms with E-state index in [4.69, 9.17) is 9.47 Å². The fourth-order valence-electron chi connectivity index (χ4n) is 3.58. The minimum Gasteiger partial charge on any atom is -0.482 e. The fraction of sp³-hybridized carbons (Fsp3) is 0.417. The molecular weight excluding hydrogens is 477 g/mol. The number of aryl methyl sites for hydroxylation is 1. The zero-order valence-electron chi connectivity index (χ0n) is 20.3. The van der Waals surface area contributed by atoms with Gasteiger partial charge in [-0.15, -0.1) is 0 Å². The van der Waals surface area contributed by atoms with Gasteiger partial charge < -0.3 is 14.8 Å². The molecule has 0 spiro atoms. The van der Waals surface area contributed by atoms with Gasteiger partial charge in [-0.1, -0.05) is 12.1 Å². The van der Waals surface area contributed by atoms with Gasteiger partial charge in [-0.2, -0.15) is 17.4 Å². The number of anilines is 1. The standard InChI is InChI=1S/C24H30FN3O6S/c1-15-12-17(8-11-19(15)25)26-23(30)21-13-20(27-35(31,32)28(21)5)16-6-9-18(10-7-16)33-14-22(29)34-24(2,3)4/h6-12,20-21,27H,13-14H2,1-5H3,(H,26,30). The van der Waals surface area contributed by atoms with Gasteiger partial charge in [-0.25, -0.2) is 9.18 Å². The summed E-state index contributed by atoms with van der Waals surface area (Å²) in [4.78, 5) is 24.8. The Morgan fingerprint density at radius 1 is 1.17 bits per heavy atom. The molecule has 0 saturated carbocycles. The second kappa shape index (κ2) is 10.3. The lowest BCUT2D eigenvalue weighted by molar-refractivity contribution is -0.157. The number of nitrogens with zero attached hydrogens (tertiary/aromatic N) is 1. The van der Waals surface area contributed by atoms with Crippen molar-refractivity contribution in [2.75, 3.05) is 19.0 Å². The molecule has 0 aromatic heterocycles. The Labute approximate surface area is 204 Å². The Hall–Kier alpha value is -3.02. The molecule has 190 valence electrons. The Morgan fingerprint density at radius 2 is 1.83 bits per heavy atom. The van der Waals surface area contributed by atoms with E-state index in [-0.39, 0.29) is 13.0 Å². The molecule has 1 fully saturated rings. The molecule has 2 atom stereocenters. The number of halogens is 1. The number of ether oxygens (including phenoxy) is 2. The van der Waals surface area contributed by atoms with E-state index in [2.05, 4.69) is 10.0 Å². The van der Waals surface area contributed by atoms with Crippen molar-refractivity contribution >= 4 is 27.8 Å². The van der Waals surface area contributed by atoms with E-state index in [1.54, 1.807) is 52.0 Å². The summed E-state index contributed by atoms with van der Waals surface area (Å²) in [5, 5.41) is 2.67. The minimum absolute atomic E-state index is 0.167. The number of carbonyl (C=O) groups is 2. The molecule has 2 aromatic carbocycles. The number of benzene rings is 2. The molecule has 9 nitrogen and oxygen atoms in total. The van der Waals surface area contributed by atoms with Crippen LogP contribution in [0.2, 0.25) is 0 Å². The van der Waals surface area contributed by atoms with E-state index < -0.39 is 45.6 Å². The van der Waals surface area contributed by atoms with Gasteiger partial charge in [0.2, 0.25) is 5.91 Å². The van der Waals surface area contributed by atoms with Gasteiger partial charge in [0.1, 0.15) is 23.2 Å². The molecule has 1 aliphatic rings. The third-order valence-electron chi connectivity index (χ3n) is 5.36. The van der Waals surface area contributed by atoms with Crippen LogP contribution in [0.15, 0.2) is 42.5 Å². The lowest BCUT2D eigenvalue weighted by Crippen LogP contribution is -2.55. The number of hydrogen-bond donors (Lipinski definition) is 2. The number of hydrogen-bond acceptors (Lipinski definition) is 6. The highest BCUT2D eigenvalue weighted by atomic mass is 32.2. The quantitative estimate of drug-likeness (QED) is 0.581. The maximum Gasteiger partial charge on any atom is 0.344 e. The van der Waals surface area contributed by atoms with Gasteiger partial charge in [0.25, 0.3) is 10.2 Å². The van der Waals surface area contributed by atoms with Crippen LogP contribution in [-0.4, -0.2) is 49.9 Å². The van der Waals surface area contributed by atoms with Crippen LogP contribution < -0.4 is 14.8 Å². The van der Waals surface area contributed by atoms with Crippen molar-refractivity contribution in [3.05, 3.63) is 59.4 Å². The van der Waals surface area contributed by atoms with Crippen LogP contribution in [-0.2, 0) is 24.5 Å². The van der Waals surface area contributed by atoms with E-state index >= 15 is 0 Å². The van der Waals surface area contributed by atoms with Crippen molar-refractivity contribution in [1.29, 1.82) is 0 Å². The van der Waals surface area contributed by atoms with Crippen molar-refractivity contribution < 1.29 is 31.9 Å². The first-order chi connectivity index (χ1) is 16.2. The Balaban J connectivity index is 1.69. The van der Waals surface area contributed by atoms with Crippen LogP contribution in [0, 0.1) is 12.7 Å². The summed E-state index contributed by atoms with van der Waals surface area (Å²) in [6, 6.07) is 9.05. The number of nitrogens with one attached hydrogen (secondary N) is 2. The minimum atomic E-state index is -3.94. The SMILES string of the molecule is Cc1cc(NC(=O)C2CC(c3ccc(OCC(=O)OC(C)(C)C)cc3)NS(=O)(=O)N2C)ccc1F. The molecule has 1 amide bonds. The average Bonchev–Trinajstić information content (AvgIpc) is 2.75. The predicted octanol–water partition coefficient (Wildman–Crippen LogP) is 3.07. The number of esters is 1. The zero-order valence-corrected chi connectivity index (χ0v) is 21.1. The molecule has 2 aromatic rings. The first-order valence-corrected chi connectivity index (χ1v) is 12.5. The summed E-state index contributed by atoms with van der Waals surface area (Å²) in [7, 11) is -2.61. The number of amides is 1. The summed E-state index contributed by atoms with van der Waals surface area (Å²) in [6.45, 7) is 6.59. The van der Waals surface area contributed by atoms with Crippen LogP contribution in [0.5, 0.6) is 5.75 Å². The molecule has 2 unspecified atom stereocenters. The molecule has 11 heteroatoms. The molecule has 1 heterocycles. The molecule has 0 radical (unpaired) electrons. The lowest BCUT2D eigenvalue weighted by Gasteiger charge is -2.36. The van der Waals surface area contributed by atoms with E-state index in [1.165, 1.54) is 25.2 Å². The zero-order chi connectivity index (χ0) is 26.0. The van der Waals surface area contributed by atoms with E-state index in [0.29, 0.717) is 22.6 Å². The van der Waals surface area contributed by atoms with Gasteiger partial charge >= 0.3 is 5.97 Å². The smallest absolute Gasteiger partial charge is 0.344 e. The van der Waals surface area contributed by atoms with Gasteiger partial charge in [0, 0.05) is 18.8 Å². The van der Waals surface area contributed by atoms with E-state index in [0.717, 1.165) is 4.31 Å². The number of carbonyl (C=O) groups excluding carboxylic acids is 2. The Morgan fingerprint density at radius 3 is 2.43 bits per heavy atom. The number of likely N-dealkylation sites (N-methyl/N-ethyl adjacent to an activating group) is 1. The molecule has 3 rings (SSSR count). The molecule has 0 aliphatic carbocycles. The summed E-state index contributed by atoms with van der Waals surface area (Å²) in [5.41, 5.74) is 0.748. The number of rotatable bonds is 6. The molecule has 0 bridgehead atoms. The molecular formula is C24H30FN3O6S. The normalized spacial score (nSPS) is 20.2. The maximum atomic E-state index is 13.5. The van der Waals surface area contributed by atoms with Crippen LogP contribution in [0.25, 0.3) is 0 Å². The van der Waals surface area contributed by atoms with Gasteiger partial charge in [-0.3, -0.25) is 4.79 Å². The predicted molar refractivity (Wildman–Crippen MR) is 129 cm³/mol. The summed E-state index contributed by atoms with van der Waals surface area (Å²) in [6.07, 6.45) is 0.167. The second-order valence-corrected chi connectivity index (χ2v) is 11.1. The lowest BCUT2D eigenvalue weighted by atomic mass is 9.99. The summed E-state index contributed by atoms with van der Waals surface area (Å²) < 4.78 is 53.1. The molecule has 1 aliphatic heterocycles. The molecule has 1 saturated heterocycles. The maximum absolute atomic E-state index is 13.5. The van der Waals surface area contributed by atoms with Crippen LogP contribution in [0.3, 0.4) is 0 Å². The van der Waals surface area contributed by atoms with Crippen molar-refractivity contribution in [3.8, 4) is 5.75 Å². The highest BCUT2D eigenvalue weighted by Gasteiger charge is 2.40. The topological polar surface area (TPSA) is 114 Å². The third kappa shape index (κ3) is 7.00. The van der Waals surface area contributed by atoms with Crippen molar-refractivity contribution in [3.63, 3.8) is 0 Å². The van der Waals surface area contributed by atoms with Gasteiger partial charge in [0.05, 0.1) is 0 Å². The van der Waals surface area contributed by atoms with E-state index in [9.17, 15) is 22.4 Å². The summed E-state index contributed by atoms with van der Waals surface area (Å²) in [5.74, 6) is -1.01. The van der Waals surface area contributed by atoms with E-state index in [1.807, 2.05) is 0 Å². The van der Waals surface area contributed by atoms with Gasteiger partial charge in [0.15, 0.2) is 6.61 Å². The van der Waals surface area contributed by atoms with Crippen molar-refractivity contribution in [2.45, 2.75) is 51.8 Å². The third-order valence-corrected chi connectivity index (χ3v) is 6.95. The van der Waals surface area contributed by atoms with Crippen LogP contribution in [0.4, 0.5) is 10.1 Å². The highest BCUT2D eigenvalue weighted by Crippen LogP contribution is 2.29. The molecule has 35 heavy (non-hydrogen) atoms. The van der Waals surface area contributed by atoms with Crippen LogP contribution >= 0.6 is 0 Å². The molecule has 2 N–H and O–H groups in total. The second-order valence-electron chi connectivity index (χ2n) is 9.34. The first-order valence-electron chi connectivity index (χ1n) is 11.0. The van der Waals surface area contributed by atoms with Crippen molar-refractivity contribution in [2.24, 2.45) is 0 Å². The first kappa shape index (κ1) is 26.6. The fourth-order valence-corrected chi connectivity index (χ4v) is 4.86. The Bertz CT molecular complexity index is 1190. The highest BCUT2D eigenvalue weighted by molar-refractivity contribution is 7.87.